The lowest BCUT2D eigenvalue weighted by Gasteiger charge is -2.14. The second-order valence-electron chi connectivity index (χ2n) is 6.93. The standard InChI is InChI=1S/C20H21F3N2O4/c21-20(22,23)15-4-1-2-5-16(15)29-11-3-9-24-18(27)14-8-10-25(12-13-6-7-13)19(28)17(14)26/h1-2,4-5,8,10,13,26H,3,6-7,9,11-12H2,(H,24,27). The van der Waals surface area contributed by atoms with Crippen molar-refractivity contribution < 1.29 is 27.8 Å². The minimum Gasteiger partial charge on any atom is -0.502 e. The van der Waals surface area contributed by atoms with E-state index in [1.165, 1.54) is 35.0 Å². The van der Waals surface area contributed by atoms with Gasteiger partial charge in [0.1, 0.15) is 5.75 Å². The number of amides is 1. The van der Waals surface area contributed by atoms with Crippen molar-refractivity contribution in [2.24, 2.45) is 5.92 Å². The number of hydrogen-bond donors (Lipinski definition) is 2. The van der Waals surface area contributed by atoms with Crippen molar-refractivity contribution in [1.82, 2.24) is 9.88 Å². The number of aromatic nitrogens is 1. The van der Waals surface area contributed by atoms with Gasteiger partial charge in [-0.1, -0.05) is 12.1 Å². The summed E-state index contributed by atoms with van der Waals surface area (Å²) in [5.41, 5.74) is -1.61. The number of alkyl halides is 3. The Morgan fingerprint density at radius 3 is 2.66 bits per heavy atom. The molecule has 2 N–H and O–H groups in total. The van der Waals surface area contributed by atoms with E-state index in [2.05, 4.69) is 5.32 Å². The molecule has 0 saturated heterocycles. The predicted molar refractivity (Wildman–Crippen MR) is 99.0 cm³/mol. The van der Waals surface area contributed by atoms with E-state index in [1.807, 2.05) is 0 Å². The van der Waals surface area contributed by atoms with Gasteiger partial charge in [0.15, 0.2) is 5.75 Å². The van der Waals surface area contributed by atoms with E-state index in [4.69, 9.17) is 4.74 Å². The number of hydrogen-bond acceptors (Lipinski definition) is 4. The normalized spacial score (nSPS) is 13.9. The van der Waals surface area contributed by atoms with Crippen LogP contribution in [-0.4, -0.2) is 28.7 Å². The van der Waals surface area contributed by atoms with Crippen LogP contribution in [0.1, 0.15) is 35.2 Å². The van der Waals surface area contributed by atoms with Crippen LogP contribution < -0.4 is 15.6 Å². The Hall–Kier alpha value is -2.97. The molecule has 0 spiro atoms. The maximum Gasteiger partial charge on any atom is 0.419 e. The fourth-order valence-corrected chi connectivity index (χ4v) is 2.85. The molecule has 1 aromatic carbocycles. The number of carbonyl (C=O) groups is 1. The number of nitrogens with one attached hydrogen (secondary N) is 1. The second-order valence-corrected chi connectivity index (χ2v) is 6.93. The third kappa shape index (κ3) is 5.30. The Bertz CT molecular complexity index is 936. The molecule has 0 unspecified atom stereocenters. The maximum absolute atomic E-state index is 12.9. The van der Waals surface area contributed by atoms with Crippen molar-refractivity contribution in [3.63, 3.8) is 0 Å². The van der Waals surface area contributed by atoms with Crippen LogP contribution >= 0.6 is 0 Å². The zero-order valence-electron chi connectivity index (χ0n) is 15.5. The highest BCUT2D eigenvalue weighted by molar-refractivity contribution is 5.96. The highest BCUT2D eigenvalue weighted by atomic mass is 19.4. The first kappa shape index (κ1) is 20.8. The van der Waals surface area contributed by atoms with Gasteiger partial charge in [-0.2, -0.15) is 13.2 Å². The zero-order chi connectivity index (χ0) is 21.0. The Labute approximate surface area is 164 Å². The highest BCUT2D eigenvalue weighted by Gasteiger charge is 2.34. The molecule has 9 heteroatoms. The van der Waals surface area contributed by atoms with E-state index < -0.39 is 29.0 Å². The highest BCUT2D eigenvalue weighted by Crippen LogP contribution is 2.35. The van der Waals surface area contributed by atoms with Gasteiger partial charge in [-0.25, -0.2) is 0 Å². The molecule has 1 fully saturated rings. The molecule has 0 atom stereocenters. The minimum atomic E-state index is -4.51. The molecule has 0 aliphatic heterocycles. The number of aromatic hydroxyl groups is 1. The molecule has 29 heavy (non-hydrogen) atoms. The molecule has 0 bridgehead atoms. The van der Waals surface area contributed by atoms with Gasteiger partial charge < -0.3 is 19.7 Å². The molecule has 1 saturated carbocycles. The summed E-state index contributed by atoms with van der Waals surface area (Å²) in [6, 6.07) is 6.27. The van der Waals surface area contributed by atoms with E-state index in [-0.39, 0.29) is 30.9 Å². The van der Waals surface area contributed by atoms with Crippen molar-refractivity contribution in [3.05, 3.63) is 58.0 Å². The summed E-state index contributed by atoms with van der Waals surface area (Å²) in [7, 11) is 0. The first-order chi connectivity index (χ1) is 13.8. The third-order valence-corrected chi connectivity index (χ3v) is 4.59. The van der Waals surface area contributed by atoms with Crippen LogP contribution in [0.15, 0.2) is 41.3 Å². The molecule has 1 aromatic heterocycles. The summed E-state index contributed by atoms with van der Waals surface area (Å²) in [5.74, 6) is -1.08. The molecule has 6 nitrogen and oxygen atoms in total. The van der Waals surface area contributed by atoms with Gasteiger partial charge in [0, 0.05) is 19.3 Å². The van der Waals surface area contributed by atoms with Gasteiger partial charge in [-0.15, -0.1) is 0 Å². The van der Waals surface area contributed by atoms with Crippen molar-refractivity contribution >= 4 is 5.91 Å². The smallest absolute Gasteiger partial charge is 0.419 e. The third-order valence-electron chi connectivity index (χ3n) is 4.59. The molecule has 1 heterocycles. The largest absolute Gasteiger partial charge is 0.502 e. The van der Waals surface area contributed by atoms with Gasteiger partial charge in [0.05, 0.1) is 17.7 Å². The minimum absolute atomic E-state index is 0.0393. The predicted octanol–water partition coefficient (Wildman–Crippen LogP) is 3.18. The van der Waals surface area contributed by atoms with E-state index in [9.17, 15) is 27.9 Å². The van der Waals surface area contributed by atoms with E-state index in [0.29, 0.717) is 12.5 Å². The number of benzene rings is 1. The molecule has 2 aromatic rings. The molecule has 3 rings (SSSR count). The molecular formula is C20H21F3N2O4. The summed E-state index contributed by atoms with van der Waals surface area (Å²) in [6.07, 6.45) is -0.693. The first-order valence-corrected chi connectivity index (χ1v) is 9.27. The van der Waals surface area contributed by atoms with E-state index in [0.717, 1.165) is 18.9 Å². The van der Waals surface area contributed by atoms with Gasteiger partial charge in [-0.3, -0.25) is 9.59 Å². The van der Waals surface area contributed by atoms with Crippen molar-refractivity contribution in [2.45, 2.75) is 32.0 Å². The summed E-state index contributed by atoms with van der Waals surface area (Å²) < 4.78 is 45.3. The zero-order valence-corrected chi connectivity index (χ0v) is 15.5. The van der Waals surface area contributed by atoms with Crippen LogP contribution in [0.25, 0.3) is 0 Å². The first-order valence-electron chi connectivity index (χ1n) is 9.27. The van der Waals surface area contributed by atoms with Crippen molar-refractivity contribution in [3.8, 4) is 11.5 Å². The lowest BCUT2D eigenvalue weighted by molar-refractivity contribution is -0.138. The summed E-state index contributed by atoms with van der Waals surface area (Å²) in [5, 5.41) is 12.5. The average Bonchev–Trinajstić information content (AvgIpc) is 3.49. The topological polar surface area (TPSA) is 80.6 Å². The van der Waals surface area contributed by atoms with Gasteiger partial charge in [0.2, 0.25) is 0 Å². The number of ether oxygens (including phenoxy) is 1. The van der Waals surface area contributed by atoms with Gasteiger partial charge in [-0.05, 0) is 43.4 Å². The quantitative estimate of drug-likeness (QED) is 0.655. The van der Waals surface area contributed by atoms with Crippen LogP contribution in [0, 0.1) is 5.92 Å². The number of nitrogens with zero attached hydrogens (tertiary/aromatic N) is 1. The lowest BCUT2D eigenvalue weighted by Crippen LogP contribution is -2.29. The monoisotopic (exact) mass is 410 g/mol. The Morgan fingerprint density at radius 1 is 1.24 bits per heavy atom. The fourth-order valence-electron chi connectivity index (χ4n) is 2.85. The lowest BCUT2D eigenvalue weighted by atomic mass is 10.2. The van der Waals surface area contributed by atoms with E-state index >= 15 is 0 Å². The van der Waals surface area contributed by atoms with Crippen molar-refractivity contribution in [1.29, 1.82) is 0 Å². The molecule has 156 valence electrons. The SMILES string of the molecule is O=C(NCCCOc1ccccc1C(F)(F)F)c1ccn(CC2CC2)c(=O)c1O. The fraction of sp³-hybridized carbons (Fsp3) is 0.400. The van der Waals surface area contributed by atoms with Crippen LogP contribution in [0.3, 0.4) is 0 Å². The number of para-hydroxylation sites is 1. The Balaban J connectivity index is 1.50. The molecule has 1 aliphatic carbocycles. The second kappa shape index (κ2) is 8.59. The maximum atomic E-state index is 12.9. The van der Waals surface area contributed by atoms with Crippen LogP contribution in [0.4, 0.5) is 13.2 Å². The van der Waals surface area contributed by atoms with Crippen LogP contribution in [0.2, 0.25) is 0 Å². The molecular weight excluding hydrogens is 389 g/mol. The van der Waals surface area contributed by atoms with Crippen LogP contribution in [-0.2, 0) is 12.7 Å². The number of rotatable bonds is 8. The number of carbonyl (C=O) groups excluding carboxylic acids is 1. The van der Waals surface area contributed by atoms with Crippen LogP contribution in [0.5, 0.6) is 11.5 Å². The molecule has 1 aliphatic rings. The average molecular weight is 410 g/mol. The molecule has 0 radical (unpaired) electrons. The van der Waals surface area contributed by atoms with Gasteiger partial charge in [0.25, 0.3) is 11.5 Å². The Kier molecular flexibility index (Phi) is 6.14. The summed E-state index contributed by atoms with van der Waals surface area (Å²) >= 11 is 0. The molecule has 1 amide bonds. The summed E-state index contributed by atoms with van der Waals surface area (Å²) in [4.78, 5) is 24.3. The summed E-state index contributed by atoms with van der Waals surface area (Å²) in [6.45, 7) is 0.588. The van der Waals surface area contributed by atoms with E-state index in [1.54, 1.807) is 0 Å². The van der Waals surface area contributed by atoms with Crippen molar-refractivity contribution in [2.75, 3.05) is 13.2 Å². The Morgan fingerprint density at radius 2 is 1.97 bits per heavy atom. The number of pyridine rings is 1. The number of halogens is 3. The van der Waals surface area contributed by atoms with Gasteiger partial charge >= 0.3 is 6.18 Å².